The summed E-state index contributed by atoms with van der Waals surface area (Å²) in [7, 11) is 0. The zero-order valence-electron chi connectivity index (χ0n) is 13.3. The van der Waals surface area contributed by atoms with E-state index in [0.29, 0.717) is 5.75 Å². The quantitative estimate of drug-likeness (QED) is 0.682. The predicted molar refractivity (Wildman–Crippen MR) is 95.6 cm³/mol. The fourth-order valence-electron chi connectivity index (χ4n) is 3.19. The van der Waals surface area contributed by atoms with Gasteiger partial charge in [-0.05, 0) is 12.3 Å². The van der Waals surface area contributed by atoms with Crippen molar-refractivity contribution in [1.29, 1.82) is 0 Å². The highest BCUT2D eigenvalue weighted by atomic mass is 32.2. The van der Waals surface area contributed by atoms with Gasteiger partial charge >= 0.3 is 0 Å². The van der Waals surface area contributed by atoms with Crippen LogP contribution < -0.4 is 5.56 Å². The summed E-state index contributed by atoms with van der Waals surface area (Å²) in [4.78, 5) is 21.7. The lowest BCUT2D eigenvalue weighted by Crippen LogP contribution is -2.12. The van der Waals surface area contributed by atoms with E-state index in [2.05, 4.69) is 20.2 Å². The average molecular weight is 361 g/mol. The Morgan fingerprint density at radius 2 is 2.21 bits per heavy atom. The first-order valence-electron chi connectivity index (χ1n) is 8.28. The molecule has 4 rings (SSSR count). The lowest BCUT2D eigenvalue weighted by Gasteiger charge is -2.05. The van der Waals surface area contributed by atoms with Gasteiger partial charge < -0.3 is 0 Å². The molecule has 3 aromatic heterocycles. The summed E-state index contributed by atoms with van der Waals surface area (Å²) in [6.45, 7) is 0. The molecular formula is C16H19N5OS2. The van der Waals surface area contributed by atoms with Crippen LogP contribution in [0.25, 0.3) is 4.96 Å². The van der Waals surface area contributed by atoms with Crippen LogP contribution in [0.5, 0.6) is 0 Å². The molecule has 0 radical (unpaired) electrons. The minimum atomic E-state index is -0.0379. The third-order valence-corrected chi connectivity index (χ3v) is 6.12. The molecule has 8 heteroatoms. The van der Waals surface area contributed by atoms with Crippen LogP contribution in [0.1, 0.15) is 43.6 Å². The van der Waals surface area contributed by atoms with Crippen molar-refractivity contribution in [3.05, 3.63) is 39.5 Å². The maximum absolute atomic E-state index is 12.0. The molecule has 1 aliphatic rings. The van der Waals surface area contributed by atoms with Gasteiger partial charge in [0.05, 0.1) is 5.69 Å². The number of aryl methyl sites for hydroxylation is 1. The number of nitrogens with zero attached hydrogens (tertiary/aromatic N) is 4. The Labute approximate surface area is 147 Å². The van der Waals surface area contributed by atoms with Gasteiger partial charge in [0.25, 0.3) is 5.56 Å². The number of H-pyrrole nitrogens is 1. The van der Waals surface area contributed by atoms with E-state index in [1.54, 1.807) is 16.7 Å². The van der Waals surface area contributed by atoms with E-state index in [-0.39, 0.29) is 5.56 Å². The van der Waals surface area contributed by atoms with Crippen molar-refractivity contribution >= 4 is 28.1 Å². The molecule has 1 saturated carbocycles. The molecule has 0 saturated heterocycles. The first-order valence-corrected chi connectivity index (χ1v) is 10.1. The largest absolute Gasteiger partial charge is 0.269 e. The molecule has 6 nitrogen and oxygen atoms in total. The smallest absolute Gasteiger partial charge is 0.258 e. The van der Waals surface area contributed by atoms with Crippen LogP contribution in [0.15, 0.2) is 27.6 Å². The number of nitrogens with one attached hydrogen (secondary N) is 1. The summed E-state index contributed by atoms with van der Waals surface area (Å²) < 4.78 is 1.56. The lowest BCUT2D eigenvalue weighted by atomic mass is 10.0. The van der Waals surface area contributed by atoms with Crippen molar-refractivity contribution in [2.45, 2.75) is 49.4 Å². The molecule has 3 aromatic rings. The molecule has 1 aliphatic carbocycles. The summed E-state index contributed by atoms with van der Waals surface area (Å²) in [5.41, 5.74) is 0.730. The monoisotopic (exact) mass is 361 g/mol. The number of fused-ring (bicyclic) bond motifs is 1. The van der Waals surface area contributed by atoms with E-state index >= 15 is 0 Å². The van der Waals surface area contributed by atoms with E-state index < -0.39 is 0 Å². The minimum absolute atomic E-state index is 0.0379. The maximum Gasteiger partial charge on any atom is 0.258 e. The van der Waals surface area contributed by atoms with E-state index in [1.165, 1.54) is 55.2 Å². The van der Waals surface area contributed by atoms with Crippen LogP contribution in [0.3, 0.4) is 0 Å². The summed E-state index contributed by atoms with van der Waals surface area (Å²) in [6.07, 6.45) is 9.40. The summed E-state index contributed by atoms with van der Waals surface area (Å²) in [5.74, 6) is 2.43. The lowest BCUT2D eigenvalue weighted by molar-refractivity contribution is 0.497. The van der Waals surface area contributed by atoms with E-state index in [4.69, 9.17) is 0 Å². The molecule has 24 heavy (non-hydrogen) atoms. The standard InChI is InChI=1S/C16H19N5OS2/c22-14-9-12(17-16-21(14)7-8-23-16)10-24-15-18-13(19-20-15)6-5-11-3-1-2-4-11/h7-9,11H,1-6,10H2,(H,18,19,20). The second kappa shape index (κ2) is 7.06. The minimum Gasteiger partial charge on any atom is -0.269 e. The van der Waals surface area contributed by atoms with Crippen LogP contribution in [-0.4, -0.2) is 24.6 Å². The van der Waals surface area contributed by atoms with Gasteiger partial charge in [0.1, 0.15) is 5.82 Å². The maximum atomic E-state index is 12.0. The summed E-state index contributed by atoms with van der Waals surface area (Å²) in [5, 5.41) is 9.90. The Balaban J connectivity index is 1.35. The van der Waals surface area contributed by atoms with Gasteiger partial charge in [-0.2, -0.15) is 0 Å². The van der Waals surface area contributed by atoms with Crippen molar-refractivity contribution in [2.24, 2.45) is 5.92 Å². The topological polar surface area (TPSA) is 75.9 Å². The second-order valence-corrected chi connectivity index (χ2v) is 8.00. The molecule has 3 heterocycles. The first-order chi connectivity index (χ1) is 11.8. The number of thioether (sulfide) groups is 1. The number of thiazole rings is 1. The SMILES string of the molecule is O=c1cc(CSc2n[nH]c(CCC3CCCC3)n2)nc2sccn12. The van der Waals surface area contributed by atoms with E-state index in [0.717, 1.165) is 34.0 Å². The van der Waals surface area contributed by atoms with Gasteiger partial charge in [0, 0.05) is 29.8 Å². The van der Waals surface area contributed by atoms with Crippen LogP contribution in [-0.2, 0) is 12.2 Å². The molecule has 0 bridgehead atoms. The molecule has 0 aromatic carbocycles. The van der Waals surface area contributed by atoms with Gasteiger partial charge in [0.2, 0.25) is 5.16 Å². The Kier molecular flexibility index (Phi) is 4.66. The summed E-state index contributed by atoms with van der Waals surface area (Å²) in [6, 6.07) is 1.58. The van der Waals surface area contributed by atoms with Crippen LogP contribution in [0, 0.1) is 5.92 Å². The molecular weight excluding hydrogens is 342 g/mol. The van der Waals surface area contributed by atoms with Gasteiger partial charge in [0.15, 0.2) is 4.96 Å². The van der Waals surface area contributed by atoms with Gasteiger partial charge in [-0.15, -0.1) is 16.4 Å². The Morgan fingerprint density at radius 1 is 1.33 bits per heavy atom. The van der Waals surface area contributed by atoms with Crippen molar-refractivity contribution in [3.63, 3.8) is 0 Å². The molecule has 0 amide bonds. The first kappa shape index (κ1) is 15.8. The molecule has 0 spiro atoms. The predicted octanol–water partition coefficient (Wildman–Crippen LogP) is 3.29. The van der Waals surface area contributed by atoms with Crippen molar-refractivity contribution in [2.75, 3.05) is 0 Å². The van der Waals surface area contributed by atoms with Crippen molar-refractivity contribution < 1.29 is 0 Å². The van der Waals surface area contributed by atoms with Crippen molar-refractivity contribution in [1.82, 2.24) is 24.6 Å². The Hall–Kier alpha value is -1.67. The van der Waals surface area contributed by atoms with Gasteiger partial charge in [-0.25, -0.2) is 9.97 Å². The fraction of sp³-hybridized carbons (Fsp3) is 0.500. The zero-order valence-corrected chi connectivity index (χ0v) is 14.9. The molecule has 0 aliphatic heterocycles. The average Bonchev–Trinajstić information content (AvgIpc) is 3.32. The van der Waals surface area contributed by atoms with Crippen LogP contribution in [0.2, 0.25) is 0 Å². The molecule has 1 N–H and O–H groups in total. The number of rotatable bonds is 6. The van der Waals surface area contributed by atoms with Crippen molar-refractivity contribution in [3.8, 4) is 0 Å². The van der Waals surface area contributed by atoms with E-state index in [9.17, 15) is 4.79 Å². The van der Waals surface area contributed by atoms with E-state index in [1.807, 2.05) is 5.38 Å². The van der Waals surface area contributed by atoms with Gasteiger partial charge in [-0.1, -0.05) is 37.4 Å². The Bertz CT molecular complexity index is 878. The highest BCUT2D eigenvalue weighted by Gasteiger charge is 2.15. The number of aromatic amines is 1. The highest BCUT2D eigenvalue weighted by molar-refractivity contribution is 7.98. The molecule has 0 atom stereocenters. The zero-order chi connectivity index (χ0) is 16.4. The Morgan fingerprint density at radius 3 is 3.08 bits per heavy atom. The molecule has 1 fully saturated rings. The van der Waals surface area contributed by atoms with Crippen LogP contribution in [0.4, 0.5) is 0 Å². The summed E-state index contributed by atoms with van der Waals surface area (Å²) >= 11 is 2.98. The normalized spacial score (nSPS) is 15.5. The number of hydrogen-bond donors (Lipinski definition) is 1. The van der Waals surface area contributed by atoms with Gasteiger partial charge in [-0.3, -0.25) is 14.3 Å². The number of hydrogen-bond acceptors (Lipinski definition) is 6. The fourth-order valence-corrected chi connectivity index (χ4v) is 4.64. The third-order valence-electron chi connectivity index (χ3n) is 4.48. The number of aromatic nitrogens is 5. The highest BCUT2D eigenvalue weighted by Crippen LogP contribution is 2.28. The third kappa shape index (κ3) is 3.54. The molecule has 0 unspecified atom stereocenters. The van der Waals surface area contributed by atoms with Crippen LogP contribution >= 0.6 is 23.1 Å². The second-order valence-electron chi connectivity index (χ2n) is 6.18. The molecule has 126 valence electrons.